The van der Waals surface area contributed by atoms with E-state index >= 15 is 0 Å². The fourth-order valence-electron chi connectivity index (χ4n) is 5.00. The van der Waals surface area contributed by atoms with Crippen molar-refractivity contribution in [2.75, 3.05) is 26.7 Å². The number of amides is 1. The molecule has 7 nitrogen and oxygen atoms in total. The van der Waals surface area contributed by atoms with Crippen LogP contribution in [0.4, 0.5) is 0 Å². The summed E-state index contributed by atoms with van der Waals surface area (Å²) in [7, 11) is 3.54. The van der Waals surface area contributed by atoms with Crippen LogP contribution in [0, 0.1) is 6.92 Å². The second-order valence-electron chi connectivity index (χ2n) is 9.07. The van der Waals surface area contributed by atoms with Gasteiger partial charge < -0.3 is 10.1 Å². The van der Waals surface area contributed by atoms with E-state index in [4.69, 9.17) is 9.72 Å². The topological polar surface area (TPSA) is 72.3 Å². The predicted octanol–water partition coefficient (Wildman–Crippen LogP) is 4.52. The molecule has 4 aromatic rings. The molecule has 2 aromatic carbocycles. The first-order valence-electron chi connectivity index (χ1n) is 12.1. The van der Waals surface area contributed by atoms with Crippen LogP contribution in [0.15, 0.2) is 60.7 Å². The summed E-state index contributed by atoms with van der Waals surface area (Å²) < 4.78 is 7.08. The van der Waals surface area contributed by atoms with Crippen LogP contribution < -0.4 is 10.1 Å². The van der Waals surface area contributed by atoms with E-state index < -0.39 is 0 Å². The molecule has 5 rings (SSSR count). The monoisotopic (exact) mass is 469 g/mol. The number of nitrogens with one attached hydrogen (secondary N) is 1. The number of aryl methyl sites for hydroxylation is 2. The van der Waals surface area contributed by atoms with Gasteiger partial charge in [0, 0.05) is 19.2 Å². The zero-order valence-corrected chi connectivity index (χ0v) is 20.5. The Labute approximate surface area is 205 Å². The van der Waals surface area contributed by atoms with Gasteiger partial charge in [0.25, 0.3) is 5.91 Å². The average Bonchev–Trinajstić information content (AvgIpc) is 3.52. The molecular weight excluding hydrogens is 438 g/mol. The van der Waals surface area contributed by atoms with Crippen molar-refractivity contribution in [1.82, 2.24) is 25.0 Å². The number of rotatable bonds is 7. The fraction of sp³-hybridized carbons (Fsp3) is 0.321. The Hall–Kier alpha value is -3.71. The van der Waals surface area contributed by atoms with Crippen LogP contribution in [0.3, 0.4) is 0 Å². The summed E-state index contributed by atoms with van der Waals surface area (Å²) in [6, 6.07) is 20.1. The van der Waals surface area contributed by atoms with E-state index in [0.717, 1.165) is 41.2 Å². The van der Waals surface area contributed by atoms with Crippen molar-refractivity contribution in [2.24, 2.45) is 7.05 Å². The maximum Gasteiger partial charge on any atom is 0.252 e. The van der Waals surface area contributed by atoms with Gasteiger partial charge in [-0.05, 0) is 56.6 Å². The molecule has 2 aromatic heterocycles. The van der Waals surface area contributed by atoms with Crippen molar-refractivity contribution >= 4 is 16.9 Å². The molecule has 3 heterocycles. The van der Waals surface area contributed by atoms with E-state index in [1.165, 1.54) is 18.4 Å². The van der Waals surface area contributed by atoms with Crippen molar-refractivity contribution in [2.45, 2.75) is 25.8 Å². The van der Waals surface area contributed by atoms with Crippen LogP contribution in [0.5, 0.6) is 5.75 Å². The maximum atomic E-state index is 13.6. The molecule has 1 N–H and O–H groups in total. The normalized spacial score (nSPS) is 14.8. The summed E-state index contributed by atoms with van der Waals surface area (Å²) in [6.07, 6.45) is 2.36. The second-order valence-corrected chi connectivity index (χ2v) is 9.07. The van der Waals surface area contributed by atoms with E-state index in [1.54, 1.807) is 11.8 Å². The average molecular weight is 470 g/mol. The van der Waals surface area contributed by atoms with Gasteiger partial charge >= 0.3 is 0 Å². The van der Waals surface area contributed by atoms with Crippen LogP contribution in [-0.4, -0.2) is 52.3 Å². The lowest BCUT2D eigenvalue weighted by Gasteiger charge is -2.28. The number of hydrogen-bond acceptors (Lipinski definition) is 5. The predicted molar refractivity (Wildman–Crippen MR) is 138 cm³/mol. The third kappa shape index (κ3) is 4.64. The lowest BCUT2D eigenvalue weighted by Crippen LogP contribution is -2.37. The van der Waals surface area contributed by atoms with Crippen LogP contribution in [0.25, 0.3) is 22.3 Å². The van der Waals surface area contributed by atoms with Crippen LogP contribution >= 0.6 is 0 Å². The zero-order chi connectivity index (χ0) is 24.4. The Morgan fingerprint density at radius 2 is 1.80 bits per heavy atom. The highest BCUT2D eigenvalue weighted by molar-refractivity contribution is 6.07. The number of fused-ring (bicyclic) bond motifs is 1. The Morgan fingerprint density at radius 3 is 2.49 bits per heavy atom. The first kappa shape index (κ1) is 23.1. The van der Waals surface area contributed by atoms with Crippen molar-refractivity contribution in [3.8, 4) is 17.0 Å². The molecule has 1 amide bonds. The lowest BCUT2D eigenvalue weighted by molar-refractivity contribution is 0.0939. The highest BCUT2D eigenvalue weighted by Gasteiger charge is 2.25. The third-order valence-corrected chi connectivity index (χ3v) is 6.82. The smallest absolute Gasteiger partial charge is 0.252 e. The quantitative estimate of drug-likeness (QED) is 0.431. The molecule has 1 aliphatic rings. The van der Waals surface area contributed by atoms with Gasteiger partial charge in [0.15, 0.2) is 5.65 Å². The van der Waals surface area contributed by atoms with E-state index in [1.807, 2.05) is 62.5 Å². The molecule has 1 fully saturated rings. The Bertz CT molecular complexity index is 1330. The van der Waals surface area contributed by atoms with Crippen LogP contribution in [0.1, 0.15) is 40.5 Å². The Balaban J connectivity index is 1.47. The van der Waals surface area contributed by atoms with E-state index in [9.17, 15) is 4.79 Å². The summed E-state index contributed by atoms with van der Waals surface area (Å²) in [5, 5.41) is 8.58. The van der Waals surface area contributed by atoms with Gasteiger partial charge in [-0.3, -0.25) is 14.4 Å². The number of ether oxygens (including phenoxy) is 1. The number of likely N-dealkylation sites (tertiary alicyclic amines) is 1. The van der Waals surface area contributed by atoms with Gasteiger partial charge in [-0.15, -0.1) is 0 Å². The molecule has 0 spiro atoms. The van der Waals surface area contributed by atoms with Crippen molar-refractivity contribution in [3.63, 3.8) is 0 Å². The maximum absolute atomic E-state index is 13.6. The Morgan fingerprint density at radius 1 is 1.09 bits per heavy atom. The Kier molecular flexibility index (Phi) is 6.51. The molecule has 1 aliphatic heterocycles. The minimum Gasteiger partial charge on any atom is -0.497 e. The first-order chi connectivity index (χ1) is 17.0. The van der Waals surface area contributed by atoms with Crippen LogP contribution in [-0.2, 0) is 7.05 Å². The number of pyridine rings is 1. The van der Waals surface area contributed by atoms with E-state index in [-0.39, 0.29) is 11.9 Å². The molecule has 1 atom stereocenters. The largest absolute Gasteiger partial charge is 0.497 e. The molecule has 7 heteroatoms. The molecule has 1 unspecified atom stereocenters. The minimum absolute atomic E-state index is 0.105. The van der Waals surface area contributed by atoms with Crippen molar-refractivity contribution < 1.29 is 9.53 Å². The van der Waals surface area contributed by atoms with Gasteiger partial charge in [0.2, 0.25) is 0 Å². The van der Waals surface area contributed by atoms with Crippen molar-refractivity contribution in [3.05, 3.63) is 77.5 Å². The number of hydrogen-bond donors (Lipinski definition) is 1. The summed E-state index contributed by atoms with van der Waals surface area (Å²) in [6.45, 7) is 4.51. The van der Waals surface area contributed by atoms with E-state index in [0.29, 0.717) is 17.8 Å². The molecule has 0 saturated carbocycles. The number of methoxy groups -OCH3 is 1. The molecule has 0 radical (unpaired) electrons. The fourth-order valence-corrected chi connectivity index (χ4v) is 5.00. The van der Waals surface area contributed by atoms with Crippen LogP contribution in [0.2, 0.25) is 0 Å². The highest BCUT2D eigenvalue weighted by Crippen LogP contribution is 2.29. The standard InChI is InChI=1S/C28H31N5O2/c1-19-26-23(17-24(20-9-5-4-6-10-20)30-27(26)32(2)31-19)28(34)29-18-25(33-15-7-8-16-33)21-11-13-22(35-3)14-12-21/h4-6,9-14,17,25H,7-8,15-16,18H2,1-3H3,(H,29,34). The molecule has 35 heavy (non-hydrogen) atoms. The SMILES string of the molecule is COc1ccc(C(CNC(=O)c2cc(-c3ccccc3)nc3c2c(C)nn3C)N2CCCC2)cc1. The van der Waals surface area contributed by atoms with Gasteiger partial charge in [-0.25, -0.2) is 4.98 Å². The second kappa shape index (κ2) is 9.88. The first-order valence-corrected chi connectivity index (χ1v) is 12.1. The van der Waals surface area contributed by atoms with Gasteiger partial charge in [0.1, 0.15) is 5.75 Å². The number of carbonyl (C=O) groups excluding carboxylic acids is 1. The molecule has 0 aliphatic carbocycles. The number of nitrogens with zero attached hydrogens (tertiary/aromatic N) is 4. The van der Waals surface area contributed by atoms with Gasteiger partial charge in [-0.2, -0.15) is 5.10 Å². The summed E-state index contributed by atoms with van der Waals surface area (Å²) in [5.74, 6) is 0.723. The molecule has 180 valence electrons. The van der Waals surface area contributed by atoms with Gasteiger partial charge in [0.05, 0.1) is 35.5 Å². The van der Waals surface area contributed by atoms with Crippen molar-refractivity contribution in [1.29, 1.82) is 0 Å². The van der Waals surface area contributed by atoms with Gasteiger partial charge in [-0.1, -0.05) is 42.5 Å². The summed E-state index contributed by atoms with van der Waals surface area (Å²) in [5.41, 5.74) is 5.02. The van der Waals surface area contributed by atoms with E-state index in [2.05, 4.69) is 27.4 Å². The summed E-state index contributed by atoms with van der Waals surface area (Å²) in [4.78, 5) is 20.9. The number of benzene rings is 2. The highest BCUT2D eigenvalue weighted by atomic mass is 16.5. The zero-order valence-electron chi connectivity index (χ0n) is 20.5. The lowest BCUT2D eigenvalue weighted by atomic mass is 10.0. The minimum atomic E-state index is -0.108. The number of carbonyl (C=O) groups is 1. The third-order valence-electron chi connectivity index (χ3n) is 6.82. The summed E-state index contributed by atoms with van der Waals surface area (Å²) >= 11 is 0. The molecule has 0 bridgehead atoms. The molecule has 1 saturated heterocycles. The number of aromatic nitrogens is 3. The molecular formula is C28H31N5O2.